The number of carboxylic acids is 1. The van der Waals surface area contributed by atoms with E-state index >= 15 is 0 Å². The highest BCUT2D eigenvalue weighted by Gasteiger charge is 2.56. The first kappa shape index (κ1) is 24.1. The van der Waals surface area contributed by atoms with Crippen molar-refractivity contribution in [2.24, 2.45) is 5.92 Å². The van der Waals surface area contributed by atoms with Crippen molar-refractivity contribution in [2.45, 2.75) is 63.5 Å². The molecule has 1 N–H and O–H groups in total. The standard InChI is InChI=1S/C19H24F5IO2/c20-18(21,19(22,23)24)12-2-7-16(17(26)27)6-1-4-14-8-10-15(11-9-14)5-3-13-25/h8-11,16H,1-7,12-13H2,(H,26,27). The van der Waals surface area contributed by atoms with Gasteiger partial charge < -0.3 is 5.11 Å². The van der Waals surface area contributed by atoms with Gasteiger partial charge in [-0.1, -0.05) is 46.9 Å². The van der Waals surface area contributed by atoms with Crippen LogP contribution < -0.4 is 0 Å². The molecule has 0 amide bonds. The first-order valence-electron chi connectivity index (χ1n) is 8.88. The van der Waals surface area contributed by atoms with E-state index in [0.29, 0.717) is 12.8 Å². The molecule has 0 bridgehead atoms. The second-order valence-electron chi connectivity index (χ2n) is 6.63. The number of hydrogen-bond donors (Lipinski definition) is 1. The highest BCUT2D eigenvalue weighted by molar-refractivity contribution is 14.1. The van der Waals surface area contributed by atoms with Gasteiger partial charge >= 0.3 is 18.1 Å². The zero-order valence-corrected chi connectivity index (χ0v) is 17.0. The normalized spacial score (nSPS) is 13.6. The Labute approximate surface area is 169 Å². The summed E-state index contributed by atoms with van der Waals surface area (Å²) >= 11 is 2.32. The van der Waals surface area contributed by atoms with E-state index in [9.17, 15) is 26.7 Å². The molecule has 0 aliphatic rings. The molecule has 154 valence electrons. The number of alkyl halides is 6. The predicted octanol–water partition coefficient (Wildman–Crippen LogP) is 6.45. The summed E-state index contributed by atoms with van der Waals surface area (Å²) in [5.41, 5.74) is 2.30. The van der Waals surface area contributed by atoms with Crippen molar-refractivity contribution in [2.75, 3.05) is 4.43 Å². The molecule has 1 unspecified atom stereocenters. The third kappa shape index (κ3) is 8.74. The maximum absolute atomic E-state index is 12.9. The summed E-state index contributed by atoms with van der Waals surface area (Å²) in [5.74, 6) is -6.83. The summed E-state index contributed by atoms with van der Waals surface area (Å²) in [7, 11) is 0. The van der Waals surface area contributed by atoms with Crippen molar-refractivity contribution in [1.82, 2.24) is 0 Å². The van der Waals surface area contributed by atoms with Gasteiger partial charge in [-0.3, -0.25) is 4.79 Å². The van der Waals surface area contributed by atoms with Crippen molar-refractivity contribution in [3.05, 3.63) is 35.4 Å². The van der Waals surface area contributed by atoms with Crippen LogP contribution in [-0.4, -0.2) is 27.6 Å². The van der Waals surface area contributed by atoms with Crippen molar-refractivity contribution >= 4 is 28.6 Å². The largest absolute Gasteiger partial charge is 0.481 e. The van der Waals surface area contributed by atoms with Gasteiger partial charge in [0.15, 0.2) is 0 Å². The summed E-state index contributed by atoms with van der Waals surface area (Å²) in [6.45, 7) is 0. The monoisotopic (exact) mass is 506 g/mol. The summed E-state index contributed by atoms with van der Waals surface area (Å²) in [5, 5.41) is 9.17. The average molecular weight is 506 g/mol. The van der Waals surface area contributed by atoms with Gasteiger partial charge in [0, 0.05) is 6.42 Å². The van der Waals surface area contributed by atoms with E-state index in [4.69, 9.17) is 5.11 Å². The highest BCUT2D eigenvalue weighted by Crippen LogP contribution is 2.39. The Kier molecular flexibility index (Phi) is 9.97. The molecule has 0 aliphatic heterocycles. The second kappa shape index (κ2) is 11.2. The Balaban J connectivity index is 2.41. The fraction of sp³-hybridized carbons (Fsp3) is 0.632. The quantitative estimate of drug-likeness (QED) is 0.201. The summed E-state index contributed by atoms with van der Waals surface area (Å²) in [6, 6.07) is 8.05. The Morgan fingerprint density at radius 1 is 0.926 bits per heavy atom. The van der Waals surface area contributed by atoms with Crippen molar-refractivity contribution in [3.63, 3.8) is 0 Å². The molecule has 1 rings (SSSR count). The summed E-state index contributed by atoms with van der Waals surface area (Å²) in [4.78, 5) is 11.2. The first-order valence-corrected chi connectivity index (χ1v) is 10.4. The molecule has 0 radical (unpaired) electrons. The zero-order valence-electron chi connectivity index (χ0n) is 14.9. The molecule has 8 heteroatoms. The fourth-order valence-corrected chi connectivity index (χ4v) is 3.18. The van der Waals surface area contributed by atoms with Crippen molar-refractivity contribution in [3.8, 4) is 0 Å². The number of carboxylic acid groups (broad SMARTS) is 1. The van der Waals surface area contributed by atoms with E-state index in [-0.39, 0.29) is 12.8 Å². The lowest BCUT2D eigenvalue weighted by molar-refractivity contribution is -0.284. The molecule has 1 aromatic rings. The van der Waals surface area contributed by atoms with Crippen LogP contribution in [0.2, 0.25) is 0 Å². The lowest BCUT2D eigenvalue weighted by Gasteiger charge is -2.20. The molecular weight excluding hydrogens is 482 g/mol. The van der Waals surface area contributed by atoms with Crippen LogP contribution in [0, 0.1) is 5.92 Å². The molecule has 1 aromatic carbocycles. The number of benzene rings is 1. The van der Waals surface area contributed by atoms with Gasteiger partial charge in [0.2, 0.25) is 0 Å². The van der Waals surface area contributed by atoms with E-state index in [1.54, 1.807) is 0 Å². The van der Waals surface area contributed by atoms with Crippen LogP contribution >= 0.6 is 22.6 Å². The lowest BCUT2D eigenvalue weighted by Crippen LogP contribution is -2.36. The Morgan fingerprint density at radius 3 is 1.85 bits per heavy atom. The molecular formula is C19H24F5IO2. The van der Waals surface area contributed by atoms with Crippen LogP contribution in [0.15, 0.2) is 24.3 Å². The van der Waals surface area contributed by atoms with Crippen LogP contribution in [-0.2, 0) is 17.6 Å². The number of rotatable bonds is 12. The van der Waals surface area contributed by atoms with Gasteiger partial charge in [-0.05, 0) is 60.5 Å². The number of aliphatic carboxylic acids is 1. The van der Waals surface area contributed by atoms with Crippen LogP contribution in [0.3, 0.4) is 0 Å². The number of hydrogen-bond acceptors (Lipinski definition) is 1. The SMILES string of the molecule is O=C(O)C(CCCc1ccc(CCCI)cc1)CCCC(F)(F)C(F)(F)F. The van der Waals surface area contributed by atoms with Crippen LogP contribution in [0.4, 0.5) is 22.0 Å². The maximum Gasteiger partial charge on any atom is 0.453 e. The molecule has 0 saturated carbocycles. The van der Waals surface area contributed by atoms with Gasteiger partial charge in [0.05, 0.1) is 5.92 Å². The molecule has 0 spiro atoms. The number of aryl methyl sites for hydroxylation is 2. The predicted molar refractivity (Wildman–Crippen MR) is 103 cm³/mol. The topological polar surface area (TPSA) is 37.3 Å². The molecule has 2 nitrogen and oxygen atoms in total. The van der Waals surface area contributed by atoms with Gasteiger partial charge in [-0.2, -0.15) is 22.0 Å². The first-order chi connectivity index (χ1) is 12.6. The third-order valence-corrected chi connectivity index (χ3v) is 5.21. The minimum atomic E-state index is -5.59. The minimum absolute atomic E-state index is 0.184. The molecule has 0 fully saturated rings. The number of carbonyl (C=O) groups is 1. The summed E-state index contributed by atoms with van der Waals surface area (Å²) < 4.78 is 63.3. The average Bonchev–Trinajstić information content (AvgIpc) is 2.58. The molecule has 27 heavy (non-hydrogen) atoms. The fourth-order valence-electron chi connectivity index (χ4n) is 2.80. The smallest absolute Gasteiger partial charge is 0.453 e. The van der Waals surface area contributed by atoms with Crippen molar-refractivity contribution in [1.29, 1.82) is 0 Å². The highest BCUT2D eigenvalue weighted by atomic mass is 127. The van der Waals surface area contributed by atoms with Gasteiger partial charge in [0.25, 0.3) is 0 Å². The van der Waals surface area contributed by atoms with E-state index in [2.05, 4.69) is 22.6 Å². The molecule has 0 aliphatic carbocycles. The van der Waals surface area contributed by atoms with E-state index in [1.807, 2.05) is 24.3 Å². The van der Waals surface area contributed by atoms with E-state index in [0.717, 1.165) is 22.8 Å². The molecule has 0 heterocycles. The Bertz CT molecular complexity index is 572. The van der Waals surface area contributed by atoms with Gasteiger partial charge in [-0.15, -0.1) is 0 Å². The minimum Gasteiger partial charge on any atom is -0.481 e. The van der Waals surface area contributed by atoms with E-state index < -0.39 is 36.8 Å². The Hall–Kier alpha value is -0.930. The zero-order chi connectivity index (χ0) is 20.5. The third-order valence-electron chi connectivity index (χ3n) is 4.45. The summed E-state index contributed by atoms with van der Waals surface area (Å²) in [6.07, 6.45) is -4.07. The molecule has 0 saturated heterocycles. The van der Waals surface area contributed by atoms with Gasteiger partial charge in [0.1, 0.15) is 0 Å². The van der Waals surface area contributed by atoms with Gasteiger partial charge in [-0.25, -0.2) is 0 Å². The van der Waals surface area contributed by atoms with Crippen LogP contribution in [0.1, 0.15) is 49.7 Å². The van der Waals surface area contributed by atoms with E-state index in [1.165, 1.54) is 5.56 Å². The molecule has 1 atom stereocenters. The maximum atomic E-state index is 12.9. The number of halogens is 6. The van der Waals surface area contributed by atoms with Crippen LogP contribution in [0.5, 0.6) is 0 Å². The van der Waals surface area contributed by atoms with Crippen molar-refractivity contribution < 1.29 is 31.9 Å². The lowest BCUT2D eigenvalue weighted by atomic mass is 9.93. The Morgan fingerprint density at radius 2 is 1.41 bits per heavy atom. The molecule has 0 aromatic heterocycles. The van der Waals surface area contributed by atoms with Crippen LogP contribution in [0.25, 0.3) is 0 Å². The second-order valence-corrected chi connectivity index (χ2v) is 7.71.